The fourth-order valence-electron chi connectivity index (χ4n) is 3.47. The molecule has 0 N–H and O–H groups in total. The van der Waals surface area contributed by atoms with Crippen molar-refractivity contribution in [3.8, 4) is 0 Å². The summed E-state index contributed by atoms with van der Waals surface area (Å²) < 4.78 is 0. The van der Waals surface area contributed by atoms with Gasteiger partial charge in [0, 0.05) is 0 Å². The molecule has 0 aliphatic heterocycles. The van der Waals surface area contributed by atoms with E-state index in [1.165, 1.54) is 12.8 Å². The summed E-state index contributed by atoms with van der Waals surface area (Å²) in [5, 5.41) is 0. The zero-order valence-electron chi connectivity index (χ0n) is 9.88. The standard InChI is InChI=1S/C14H22/c1-5-13-10(2)8-12-6-7-14(4,9-12)11(13)3/h5-7,10-12H,8-9H2,1-4H3. The molecular weight excluding hydrogens is 168 g/mol. The predicted molar refractivity (Wildman–Crippen MR) is 62.1 cm³/mol. The summed E-state index contributed by atoms with van der Waals surface area (Å²) in [4.78, 5) is 0. The van der Waals surface area contributed by atoms with Crippen molar-refractivity contribution in [2.24, 2.45) is 23.2 Å². The van der Waals surface area contributed by atoms with Gasteiger partial charge in [-0.05, 0) is 42.9 Å². The second-order valence-electron chi connectivity index (χ2n) is 5.48. The van der Waals surface area contributed by atoms with Gasteiger partial charge in [0.15, 0.2) is 0 Å². The van der Waals surface area contributed by atoms with Crippen LogP contribution in [0.15, 0.2) is 23.8 Å². The molecule has 0 aromatic rings. The molecule has 2 rings (SSSR count). The average Bonchev–Trinajstić information content (AvgIpc) is 2.45. The fourth-order valence-corrected chi connectivity index (χ4v) is 3.47. The van der Waals surface area contributed by atoms with Crippen molar-refractivity contribution in [3.05, 3.63) is 23.8 Å². The molecule has 4 unspecified atom stereocenters. The van der Waals surface area contributed by atoms with Crippen LogP contribution in [0.2, 0.25) is 0 Å². The van der Waals surface area contributed by atoms with E-state index in [4.69, 9.17) is 0 Å². The van der Waals surface area contributed by atoms with Gasteiger partial charge >= 0.3 is 0 Å². The van der Waals surface area contributed by atoms with Crippen molar-refractivity contribution in [3.63, 3.8) is 0 Å². The van der Waals surface area contributed by atoms with E-state index >= 15 is 0 Å². The van der Waals surface area contributed by atoms with Crippen LogP contribution in [0.4, 0.5) is 0 Å². The van der Waals surface area contributed by atoms with E-state index in [0.717, 1.165) is 17.8 Å². The predicted octanol–water partition coefficient (Wildman–Crippen LogP) is 4.19. The molecule has 14 heavy (non-hydrogen) atoms. The first-order valence-corrected chi connectivity index (χ1v) is 5.92. The van der Waals surface area contributed by atoms with Gasteiger partial charge in [0.25, 0.3) is 0 Å². The van der Waals surface area contributed by atoms with Gasteiger partial charge in [-0.2, -0.15) is 0 Å². The SMILES string of the molecule is CC=C1C(C)CC2C=CC(C)(C2)C1C. The quantitative estimate of drug-likeness (QED) is 0.502. The zero-order valence-corrected chi connectivity index (χ0v) is 9.88. The zero-order chi connectivity index (χ0) is 10.3. The summed E-state index contributed by atoms with van der Waals surface area (Å²) in [6.07, 6.45) is 10.0. The van der Waals surface area contributed by atoms with Crippen molar-refractivity contribution in [2.75, 3.05) is 0 Å². The van der Waals surface area contributed by atoms with Gasteiger partial charge in [-0.3, -0.25) is 0 Å². The van der Waals surface area contributed by atoms with Crippen LogP contribution in [0.1, 0.15) is 40.5 Å². The van der Waals surface area contributed by atoms with Gasteiger partial charge in [0.2, 0.25) is 0 Å². The number of rotatable bonds is 0. The van der Waals surface area contributed by atoms with E-state index in [1.54, 1.807) is 5.57 Å². The fraction of sp³-hybridized carbons (Fsp3) is 0.714. The highest BCUT2D eigenvalue weighted by atomic mass is 14.5. The molecule has 2 bridgehead atoms. The Morgan fingerprint density at radius 1 is 1.43 bits per heavy atom. The Hall–Kier alpha value is -0.520. The molecule has 0 aromatic carbocycles. The van der Waals surface area contributed by atoms with Gasteiger partial charge in [-0.1, -0.05) is 44.6 Å². The molecule has 0 radical (unpaired) electrons. The molecule has 0 aromatic heterocycles. The third-order valence-electron chi connectivity index (χ3n) is 4.50. The third-order valence-corrected chi connectivity index (χ3v) is 4.50. The highest BCUT2D eigenvalue weighted by Crippen LogP contribution is 2.51. The number of hydrogen-bond donors (Lipinski definition) is 0. The van der Waals surface area contributed by atoms with Crippen molar-refractivity contribution in [1.29, 1.82) is 0 Å². The molecule has 0 heteroatoms. The topological polar surface area (TPSA) is 0 Å². The largest absolute Gasteiger partial charge is 0.0879 e. The second-order valence-corrected chi connectivity index (χ2v) is 5.48. The van der Waals surface area contributed by atoms with Crippen LogP contribution in [0.3, 0.4) is 0 Å². The number of allylic oxidation sites excluding steroid dienone is 4. The summed E-state index contributed by atoms with van der Waals surface area (Å²) in [6, 6.07) is 0. The summed E-state index contributed by atoms with van der Waals surface area (Å²) in [7, 11) is 0. The summed E-state index contributed by atoms with van der Waals surface area (Å²) in [5.74, 6) is 2.35. The molecular formula is C14H22. The molecule has 0 nitrogen and oxygen atoms in total. The molecule has 2 aliphatic rings. The van der Waals surface area contributed by atoms with Crippen LogP contribution < -0.4 is 0 Å². The monoisotopic (exact) mass is 190 g/mol. The van der Waals surface area contributed by atoms with Crippen LogP contribution >= 0.6 is 0 Å². The van der Waals surface area contributed by atoms with Crippen molar-refractivity contribution in [2.45, 2.75) is 40.5 Å². The minimum Gasteiger partial charge on any atom is -0.0879 e. The first kappa shape index (κ1) is 10.0. The molecule has 1 fully saturated rings. The van der Waals surface area contributed by atoms with Crippen LogP contribution in [-0.4, -0.2) is 0 Å². The van der Waals surface area contributed by atoms with Gasteiger partial charge in [-0.15, -0.1) is 0 Å². The molecule has 2 aliphatic carbocycles. The van der Waals surface area contributed by atoms with E-state index in [1.807, 2.05) is 0 Å². The van der Waals surface area contributed by atoms with Gasteiger partial charge in [0.05, 0.1) is 0 Å². The van der Waals surface area contributed by atoms with Gasteiger partial charge in [0.1, 0.15) is 0 Å². The molecule has 0 heterocycles. The van der Waals surface area contributed by atoms with Crippen LogP contribution in [0.5, 0.6) is 0 Å². The average molecular weight is 190 g/mol. The molecule has 4 atom stereocenters. The normalized spacial score (nSPS) is 49.7. The third kappa shape index (κ3) is 1.36. The molecule has 0 saturated heterocycles. The van der Waals surface area contributed by atoms with E-state index < -0.39 is 0 Å². The van der Waals surface area contributed by atoms with Crippen molar-refractivity contribution in [1.82, 2.24) is 0 Å². The minimum atomic E-state index is 0.442. The van der Waals surface area contributed by atoms with Crippen molar-refractivity contribution < 1.29 is 0 Å². The Morgan fingerprint density at radius 2 is 2.14 bits per heavy atom. The lowest BCUT2D eigenvalue weighted by Gasteiger charge is -2.32. The minimum absolute atomic E-state index is 0.442. The summed E-state index contributed by atoms with van der Waals surface area (Å²) >= 11 is 0. The van der Waals surface area contributed by atoms with Crippen molar-refractivity contribution >= 4 is 0 Å². The lowest BCUT2D eigenvalue weighted by molar-refractivity contribution is 0.297. The molecule has 78 valence electrons. The molecule has 0 amide bonds. The van der Waals surface area contributed by atoms with Crippen LogP contribution in [-0.2, 0) is 0 Å². The highest BCUT2D eigenvalue weighted by molar-refractivity contribution is 5.23. The van der Waals surface area contributed by atoms with E-state index in [9.17, 15) is 0 Å². The van der Waals surface area contributed by atoms with Gasteiger partial charge in [-0.25, -0.2) is 0 Å². The number of fused-ring (bicyclic) bond motifs is 2. The highest BCUT2D eigenvalue weighted by Gasteiger charge is 2.41. The second kappa shape index (κ2) is 3.25. The van der Waals surface area contributed by atoms with E-state index in [-0.39, 0.29) is 0 Å². The Labute approximate surface area is 88.1 Å². The Kier molecular flexibility index (Phi) is 2.33. The Bertz CT molecular complexity index is 284. The lowest BCUT2D eigenvalue weighted by atomic mass is 9.73. The Morgan fingerprint density at radius 3 is 2.79 bits per heavy atom. The van der Waals surface area contributed by atoms with E-state index in [2.05, 4.69) is 45.9 Å². The maximum Gasteiger partial charge on any atom is -0.00780 e. The molecule has 0 spiro atoms. The first-order chi connectivity index (χ1) is 6.57. The Balaban J connectivity index is 2.38. The maximum absolute atomic E-state index is 2.47. The molecule has 1 saturated carbocycles. The lowest BCUT2D eigenvalue weighted by Crippen LogP contribution is -2.23. The maximum atomic E-state index is 2.47. The van der Waals surface area contributed by atoms with Crippen LogP contribution in [0.25, 0.3) is 0 Å². The first-order valence-electron chi connectivity index (χ1n) is 5.92. The summed E-state index contributed by atoms with van der Waals surface area (Å²) in [5.41, 5.74) is 2.12. The van der Waals surface area contributed by atoms with Gasteiger partial charge < -0.3 is 0 Å². The smallest absolute Gasteiger partial charge is 0.00780 e. The van der Waals surface area contributed by atoms with E-state index in [0.29, 0.717) is 5.41 Å². The number of hydrogen-bond acceptors (Lipinski definition) is 0. The summed E-state index contributed by atoms with van der Waals surface area (Å²) in [6.45, 7) is 9.43. The van der Waals surface area contributed by atoms with Crippen LogP contribution in [0, 0.1) is 23.2 Å².